The van der Waals surface area contributed by atoms with Crippen molar-refractivity contribution in [3.05, 3.63) is 53.3 Å². The maximum Gasteiger partial charge on any atom is 0.277 e. The predicted octanol–water partition coefficient (Wildman–Crippen LogP) is 1.12. The topological polar surface area (TPSA) is 104 Å². The average Bonchev–Trinajstić information content (AvgIpc) is 2.58. The molecule has 1 amide bonds. The minimum atomic E-state index is -0.444. The van der Waals surface area contributed by atoms with E-state index in [4.69, 9.17) is 4.74 Å². The molecular formula is C16H17N3O4. The molecule has 23 heavy (non-hydrogen) atoms. The number of hydrogen-bond donors (Lipinski definition) is 3. The van der Waals surface area contributed by atoms with Gasteiger partial charge in [0.15, 0.2) is 6.61 Å². The summed E-state index contributed by atoms with van der Waals surface area (Å²) in [5, 5.41) is 22.9. The Morgan fingerprint density at radius 3 is 2.83 bits per heavy atom. The van der Waals surface area contributed by atoms with Gasteiger partial charge in [0.25, 0.3) is 5.91 Å². The molecule has 1 heterocycles. The van der Waals surface area contributed by atoms with E-state index in [9.17, 15) is 15.0 Å². The molecule has 2 rings (SSSR count). The monoisotopic (exact) mass is 315 g/mol. The van der Waals surface area contributed by atoms with Gasteiger partial charge < -0.3 is 14.9 Å². The third-order valence-corrected chi connectivity index (χ3v) is 3.02. The third kappa shape index (κ3) is 4.52. The second kappa shape index (κ2) is 7.90. The van der Waals surface area contributed by atoms with Crippen LogP contribution in [0.1, 0.15) is 16.8 Å². The van der Waals surface area contributed by atoms with Crippen LogP contribution in [0, 0.1) is 6.92 Å². The first-order valence-corrected chi connectivity index (χ1v) is 6.90. The maximum absolute atomic E-state index is 11.6. The van der Waals surface area contributed by atoms with Crippen LogP contribution in [0.5, 0.6) is 11.5 Å². The molecule has 7 nitrogen and oxygen atoms in total. The van der Waals surface area contributed by atoms with Gasteiger partial charge in [0.05, 0.1) is 18.5 Å². The van der Waals surface area contributed by atoms with E-state index in [1.807, 2.05) is 6.07 Å². The van der Waals surface area contributed by atoms with Gasteiger partial charge in [0.1, 0.15) is 11.5 Å². The normalized spacial score (nSPS) is 10.7. The molecule has 0 atom stereocenters. The van der Waals surface area contributed by atoms with Crippen molar-refractivity contribution in [2.45, 2.75) is 13.5 Å². The molecule has 0 radical (unpaired) electrons. The molecule has 1 aromatic heterocycles. The van der Waals surface area contributed by atoms with Crippen molar-refractivity contribution >= 4 is 12.1 Å². The first-order valence-electron chi connectivity index (χ1n) is 6.90. The molecule has 7 heteroatoms. The summed E-state index contributed by atoms with van der Waals surface area (Å²) in [7, 11) is 0. The van der Waals surface area contributed by atoms with Crippen molar-refractivity contribution in [1.82, 2.24) is 10.4 Å². The Morgan fingerprint density at radius 1 is 1.39 bits per heavy atom. The van der Waals surface area contributed by atoms with E-state index < -0.39 is 5.91 Å². The number of aromatic hydroxyl groups is 1. The van der Waals surface area contributed by atoms with Crippen LogP contribution in [-0.2, 0) is 11.4 Å². The van der Waals surface area contributed by atoms with Gasteiger partial charge in [0, 0.05) is 17.3 Å². The predicted molar refractivity (Wildman–Crippen MR) is 84.2 cm³/mol. The molecule has 120 valence electrons. The number of hydrazone groups is 1. The molecule has 0 bridgehead atoms. The van der Waals surface area contributed by atoms with Crippen LogP contribution in [0.15, 0.2) is 41.6 Å². The molecule has 0 aliphatic rings. The number of aliphatic hydroxyl groups excluding tert-OH is 1. The number of nitrogens with one attached hydrogen (secondary N) is 1. The summed E-state index contributed by atoms with van der Waals surface area (Å²) in [5.74, 6) is 0.0487. The summed E-state index contributed by atoms with van der Waals surface area (Å²) in [4.78, 5) is 15.6. The number of aromatic nitrogens is 1. The largest absolute Gasteiger partial charge is 0.505 e. The van der Waals surface area contributed by atoms with E-state index in [2.05, 4.69) is 15.5 Å². The van der Waals surface area contributed by atoms with Crippen molar-refractivity contribution in [2.24, 2.45) is 5.10 Å². The molecule has 0 aliphatic heterocycles. The zero-order valence-corrected chi connectivity index (χ0v) is 12.6. The van der Waals surface area contributed by atoms with Crippen LogP contribution in [0.3, 0.4) is 0 Å². The molecule has 0 fully saturated rings. The van der Waals surface area contributed by atoms with Crippen LogP contribution >= 0.6 is 0 Å². The van der Waals surface area contributed by atoms with Crippen molar-refractivity contribution < 1.29 is 19.7 Å². The molecule has 0 saturated carbocycles. The lowest BCUT2D eigenvalue weighted by Crippen LogP contribution is -2.24. The van der Waals surface area contributed by atoms with Crippen LogP contribution in [0.2, 0.25) is 0 Å². The SMILES string of the molecule is Cc1ncc(CO)c(C=NNC(=O)COc2ccccc2)c1O. The molecule has 0 spiro atoms. The second-order valence-electron chi connectivity index (χ2n) is 4.68. The number of hydrogen-bond acceptors (Lipinski definition) is 6. The van der Waals surface area contributed by atoms with Crippen LogP contribution < -0.4 is 10.2 Å². The molecule has 0 unspecified atom stereocenters. The van der Waals surface area contributed by atoms with Gasteiger partial charge in [-0.15, -0.1) is 0 Å². The lowest BCUT2D eigenvalue weighted by molar-refractivity contribution is -0.123. The Hall–Kier alpha value is -2.93. The minimum Gasteiger partial charge on any atom is -0.505 e. The Kier molecular flexibility index (Phi) is 5.65. The quantitative estimate of drug-likeness (QED) is 0.547. The molecule has 0 aliphatic carbocycles. The lowest BCUT2D eigenvalue weighted by Gasteiger charge is -2.07. The minimum absolute atomic E-state index is 0.0879. The fraction of sp³-hybridized carbons (Fsp3) is 0.188. The standard InChI is InChI=1S/C16H17N3O4/c1-11-16(22)14(12(9-20)7-17-11)8-18-19-15(21)10-23-13-5-3-2-4-6-13/h2-8,20,22H,9-10H2,1H3,(H,19,21). The lowest BCUT2D eigenvalue weighted by atomic mass is 10.1. The number of aryl methyl sites for hydroxylation is 1. The highest BCUT2D eigenvalue weighted by Crippen LogP contribution is 2.21. The van der Waals surface area contributed by atoms with Gasteiger partial charge in [-0.1, -0.05) is 18.2 Å². The van der Waals surface area contributed by atoms with Crippen molar-refractivity contribution in [1.29, 1.82) is 0 Å². The van der Waals surface area contributed by atoms with Crippen molar-refractivity contribution in [2.75, 3.05) is 6.61 Å². The number of rotatable bonds is 6. The van der Waals surface area contributed by atoms with Crippen molar-refractivity contribution in [3.8, 4) is 11.5 Å². The van der Waals surface area contributed by atoms with Crippen LogP contribution in [-0.4, -0.2) is 33.9 Å². The van der Waals surface area contributed by atoms with Gasteiger partial charge in [0.2, 0.25) is 0 Å². The summed E-state index contributed by atoms with van der Waals surface area (Å²) in [5.41, 5.74) is 3.42. The highest BCUT2D eigenvalue weighted by Gasteiger charge is 2.09. The number of benzene rings is 1. The van der Waals surface area contributed by atoms with Gasteiger partial charge in [-0.3, -0.25) is 9.78 Å². The molecular weight excluding hydrogens is 298 g/mol. The van der Waals surface area contributed by atoms with E-state index in [1.54, 1.807) is 31.2 Å². The van der Waals surface area contributed by atoms with Crippen LogP contribution in [0.25, 0.3) is 0 Å². The fourth-order valence-corrected chi connectivity index (χ4v) is 1.79. The number of pyridine rings is 1. The Morgan fingerprint density at radius 2 is 2.13 bits per heavy atom. The Labute approximate surface area is 133 Å². The van der Waals surface area contributed by atoms with E-state index >= 15 is 0 Å². The number of ether oxygens (including phenoxy) is 1. The summed E-state index contributed by atoms with van der Waals surface area (Å²) < 4.78 is 5.27. The van der Waals surface area contributed by atoms with Gasteiger partial charge in [-0.05, 0) is 19.1 Å². The van der Waals surface area contributed by atoms with E-state index in [0.29, 0.717) is 22.6 Å². The highest BCUT2D eigenvalue weighted by molar-refractivity contribution is 5.87. The zero-order chi connectivity index (χ0) is 16.7. The van der Waals surface area contributed by atoms with E-state index in [0.717, 1.165) is 0 Å². The Balaban J connectivity index is 1.94. The smallest absolute Gasteiger partial charge is 0.277 e. The molecule has 0 saturated heterocycles. The average molecular weight is 315 g/mol. The summed E-state index contributed by atoms with van der Waals surface area (Å²) in [6.45, 7) is 1.14. The molecule has 2 aromatic rings. The van der Waals surface area contributed by atoms with E-state index in [1.165, 1.54) is 12.4 Å². The number of carbonyl (C=O) groups excluding carboxylic acids is 1. The maximum atomic E-state index is 11.6. The molecule has 1 aromatic carbocycles. The van der Waals surface area contributed by atoms with Crippen molar-refractivity contribution in [3.63, 3.8) is 0 Å². The Bertz CT molecular complexity index is 702. The third-order valence-electron chi connectivity index (χ3n) is 3.02. The van der Waals surface area contributed by atoms with E-state index in [-0.39, 0.29) is 19.0 Å². The summed E-state index contributed by atoms with van der Waals surface area (Å²) in [6.07, 6.45) is 2.70. The summed E-state index contributed by atoms with van der Waals surface area (Å²) in [6, 6.07) is 8.93. The number of aliphatic hydroxyl groups is 1. The van der Waals surface area contributed by atoms with Gasteiger partial charge >= 0.3 is 0 Å². The van der Waals surface area contributed by atoms with Gasteiger partial charge in [-0.25, -0.2) is 5.43 Å². The van der Waals surface area contributed by atoms with Gasteiger partial charge in [-0.2, -0.15) is 5.10 Å². The number of para-hydroxylation sites is 1. The second-order valence-corrected chi connectivity index (χ2v) is 4.68. The first kappa shape index (κ1) is 16.4. The highest BCUT2D eigenvalue weighted by atomic mass is 16.5. The molecule has 3 N–H and O–H groups in total. The first-order chi connectivity index (χ1) is 11.1. The fourth-order valence-electron chi connectivity index (χ4n) is 1.79. The zero-order valence-electron chi connectivity index (χ0n) is 12.6. The number of amides is 1. The van der Waals surface area contributed by atoms with Crippen LogP contribution in [0.4, 0.5) is 0 Å². The summed E-state index contributed by atoms with van der Waals surface area (Å²) >= 11 is 0. The number of nitrogens with zero attached hydrogens (tertiary/aromatic N) is 2. The number of carbonyl (C=O) groups is 1.